The molecule has 2 aromatic rings. The molecule has 0 aliphatic heterocycles. The van der Waals surface area contributed by atoms with Crippen LogP contribution in [0.5, 0.6) is 11.5 Å². The Morgan fingerprint density at radius 1 is 1.24 bits per heavy atom. The highest BCUT2D eigenvalue weighted by molar-refractivity contribution is 9.10. The molecule has 17 heavy (non-hydrogen) atoms. The summed E-state index contributed by atoms with van der Waals surface area (Å²) in [5, 5.41) is 3.03. The van der Waals surface area contributed by atoms with Crippen molar-refractivity contribution in [2.24, 2.45) is 0 Å². The average molecular weight is 293 g/mol. The van der Waals surface area contributed by atoms with Crippen LogP contribution in [0.3, 0.4) is 0 Å². The lowest BCUT2D eigenvalue weighted by atomic mass is 10.2. The van der Waals surface area contributed by atoms with E-state index in [4.69, 9.17) is 4.74 Å². The highest BCUT2D eigenvalue weighted by atomic mass is 79.9. The molecule has 1 N–H and O–H groups in total. The van der Waals surface area contributed by atoms with Gasteiger partial charge in [-0.1, -0.05) is 22.0 Å². The largest absolute Gasteiger partial charge is 0.455 e. The molecule has 4 heteroatoms. The monoisotopic (exact) mass is 292 g/mol. The summed E-state index contributed by atoms with van der Waals surface area (Å²) < 4.78 is 6.80. The maximum absolute atomic E-state index is 5.80. The fourth-order valence-corrected chi connectivity index (χ4v) is 1.76. The van der Waals surface area contributed by atoms with Crippen LogP contribution in [0.4, 0.5) is 5.69 Å². The van der Waals surface area contributed by atoms with Crippen molar-refractivity contribution < 1.29 is 4.74 Å². The first-order valence-electron chi connectivity index (χ1n) is 5.26. The summed E-state index contributed by atoms with van der Waals surface area (Å²) in [4.78, 5) is 4.10. The van der Waals surface area contributed by atoms with Gasteiger partial charge in [-0.05, 0) is 24.6 Å². The normalized spacial score (nSPS) is 10.1. The summed E-state index contributed by atoms with van der Waals surface area (Å²) in [5.41, 5.74) is 2.01. The molecule has 2 rings (SSSR count). The quantitative estimate of drug-likeness (QED) is 0.929. The number of nitrogens with zero attached hydrogens (tertiary/aromatic N) is 1. The SMILES string of the molecule is CNc1cncc(Oc2cc(Br)ccc2C)c1. The number of rotatable bonds is 3. The molecule has 88 valence electrons. The third-order valence-corrected chi connectivity index (χ3v) is 2.87. The van der Waals surface area contributed by atoms with Gasteiger partial charge in [0.25, 0.3) is 0 Å². The van der Waals surface area contributed by atoms with E-state index in [-0.39, 0.29) is 0 Å². The molecule has 0 saturated carbocycles. The van der Waals surface area contributed by atoms with Crippen LogP contribution in [0.15, 0.2) is 41.1 Å². The standard InChI is InChI=1S/C13H13BrN2O/c1-9-3-4-10(14)5-13(9)17-12-6-11(15-2)7-16-8-12/h3-8,15H,1-2H3. The van der Waals surface area contributed by atoms with Crippen LogP contribution in [0.25, 0.3) is 0 Å². The number of benzene rings is 1. The van der Waals surface area contributed by atoms with Crippen LogP contribution in [-0.4, -0.2) is 12.0 Å². The van der Waals surface area contributed by atoms with E-state index in [0.29, 0.717) is 0 Å². The summed E-state index contributed by atoms with van der Waals surface area (Å²) in [6.07, 6.45) is 3.45. The smallest absolute Gasteiger partial charge is 0.147 e. The Morgan fingerprint density at radius 2 is 2.06 bits per heavy atom. The average Bonchev–Trinajstić information content (AvgIpc) is 2.34. The van der Waals surface area contributed by atoms with Crippen LogP contribution in [0.2, 0.25) is 0 Å². The van der Waals surface area contributed by atoms with Gasteiger partial charge in [0.1, 0.15) is 11.5 Å². The summed E-state index contributed by atoms with van der Waals surface area (Å²) >= 11 is 3.43. The minimum atomic E-state index is 0.720. The molecule has 1 aromatic carbocycles. The van der Waals surface area contributed by atoms with Gasteiger partial charge in [-0.3, -0.25) is 4.98 Å². The Morgan fingerprint density at radius 3 is 2.82 bits per heavy atom. The maximum atomic E-state index is 5.80. The highest BCUT2D eigenvalue weighted by Gasteiger charge is 2.03. The summed E-state index contributed by atoms with van der Waals surface area (Å²) in [5.74, 6) is 1.55. The van der Waals surface area contributed by atoms with Gasteiger partial charge in [0.05, 0.1) is 18.1 Å². The third kappa shape index (κ3) is 2.97. The number of hydrogen-bond donors (Lipinski definition) is 1. The van der Waals surface area contributed by atoms with Gasteiger partial charge in [-0.15, -0.1) is 0 Å². The van der Waals surface area contributed by atoms with Crippen LogP contribution in [0.1, 0.15) is 5.56 Å². The first-order chi connectivity index (χ1) is 8.19. The molecular formula is C13H13BrN2O. The topological polar surface area (TPSA) is 34.2 Å². The summed E-state index contributed by atoms with van der Waals surface area (Å²) in [6.45, 7) is 2.01. The number of hydrogen-bond acceptors (Lipinski definition) is 3. The molecule has 1 heterocycles. The molecule has 1 aromatic heterocycles. The van der Waals surface area contributed by atoms with Gasteiger partial charge in [0.15, 0.2) is 0 Å². The molecule has 0 fully saturated rings. The molecule has 0 aliphatic carbocycles. The Balaban J connectivity index is 2.27. The molecule has 0 saturated heterocycles. The van der Waals surface area contributed by atoms with Gasteiger partial charge in [0, 0.05) is 17.6 Å². The molecule has 0 amide bonds. The van der Waals surface area contributed by atoms with Crippen molar-refractivity contribution in [3.63, 3.8) is 0 Å². The Labute approximate surface area is 109 Å². The molecule has 0 unspecified atom stereocenters. The van der Waals surface area contributed by atoms with Crippen LogP contribution >= 0.6 is 15.9 Å². The first kappa shape index (κ1) is 11.9. The molecule has 0 bridgehead atoms. The van der Waals surface area contributed by atoms with Gasteiger partial charge in [-0.2, -0.15) is 0 Å². The lowest BCUT2D eigenvalue weighted by molar-refractivity contribution is 0.476. The summed E-state index contributed by atoms with van der Waals surface area (Å²) in [6, 6.07) is 7.86. The van der Waals surface area contributed by atoms with Gasteiger partial charge < -0.3 is 10.1 Å². The zero-order valence-electron chi connectivity index (χ0n) is 9.70. The van der Waals surface area contributed by atoms with Crippen molar-refractivity contribution in [3.8, 4) is 11.5 Å². The maximum Gasteiger partial charge on any atom is 0.147 e. The van der Waals surface area contributed by atoms with Crippen molar-refractivity contribution in [2.45, 2.75) is 6.92 Å². The van der Waals surface area contributed by atoms with Crippen molar-refractivity contribution in [2.75, 3.05) is 12.4 Å². The number of aryl methyl sites for hydroxylation is 1. The Bertz CT molecular complexity index is 529. The second-order valence-corrected chi connectivity index (χ2v) is 4.59. The van der Waals surface area contributed by atoms with E-state index in [1.807, 2.05) is 38.2 Å². The second-order valence-electron chi connectivity index (χ2n) is 3.67. The zero-order chi connectivity index (χ0) is 12.3. The van der Waals surface area contributed by atoms with Gasteiger partial charge in [0.2, 0.25) is 0 Å². The van der Waals surface area contributed by atoms with E-state index in [0.717, 1.165) is 27.2 Å². The minimum Gasteiger partial charge on any atom is -0.455 e. The minimum absolute atomic E-state index is 0.720. The van der Waals surface area contributed by atoms with Crippen molar-refractivity contribution in [3.05, 3.63) is 46.7 Å². The lowest BCUT2D eigenvalue weighted by Gasteiger charge is -2.09. The second kappa shape index (κ2) is 5.19. The van der Waals surface area contributed by atoms with E-state index >= 15 is 0 Å². The molecule has 0 spiro atoms. The fraction of sp³-hybridized carbons (Fsp3) is 0.154. The van der Waals surface area contributed by atoms with E-state index in [1.165, 1.54) is 0 Å². The molecule has 0 radical (unpaired) electrons. The van der Waals surface area contributed by atoms with E-state index in [2.05, 4.69) is 26.2 Å². The van der Waals surface area contributed by atoms with Crippen molar-refractivity contribution in [1.82, 2.24) is 4.98 Å². The third-order valence-electron chi connectivity index (χ3n) is 2.38. The molecule has 0 atom stereocenters. The number of nitrogens with one attached hydrogen (secondary N) is 1. The van der Waals surface area contributed by atoms with Gasteiger partial charge in [-0.25, -0.2) is 0 Å². The van der Waals surface area contributed by atoms with Crippen molar-refractivity contribution in [1.29, 1.82) is 0 Å². The first-order valence-corrected chi connectivity index (χ1v) is 6.05. The number of aromatic nitrogens is 1. The van der Waals surface area contributed by atoms with Crippen LogP contribution < -0.4 is 10.1 Å². The van der Waals surface area contributed by atoms with Crippen LogP contribution in [-0.2, 0) is 0 Å². The predicted molar refractivity (Wildman–Crippen MR) is 72.7 cm³/mol. The molecule has 3 nitrogen and oxygen atoms in total. The molecular weight excluding hydrogens is 280 g/mol. The van der Waals surface area contributed by atoms with Gasteiger partial charge >= 0.3 is 0 Å². The number of pyridine rings is 1. The lowest BCUT2D eigenvalue weighted by Crippen LogP contribution is -1.92. The number of halogens is 1. The van der Waals surface area contributed by atoms with E-state index in [1.54, 1.807) is 12.4 Å². The Kier molecular flexibility index (Phi) is 3.64. The zero-order valence-corrected chi connectivity index (χ0v) is 11.3. The summed E-state index contributed by atoms with van der Waals surface area (Å²) in [7, 11) is 1.85. The number of anilines is 1. The number of ether oxygens (including phenoxy) is 1. The van der Waals surface area contributed by atoms with Crippen molar-refractivity contribution >= 4 is 21.6 Å². The highest BCUT2D eigenvalue weighted by Crippen LogP contribution is 2.28. The fourth-order valence-electron chi connectivity index (χ4n) is 1.42. The Hall–Kier alpha value is -1.55. The van der Waals surface area contributed by atoms with E-state index in [9.17, 15) is 0 Å². The van der Waals surface area contributed by atoms with Crippen LogP contribution in [0, 0.1) is 6.92 Å². The molecule has 0 aliphatic rings. The predicted octanol–water partition coefficient (Wildman–Crippen LogP) is 3.99. The van der Waals surface area contributed by atoms with E-state index < -0.39 is 0 Å².